The van der Waals surface area contributed by atoms with E-state index in [9.17, 15) is 9.59 Å². The molecule has 0 spiro atoms. The smallest absolute Gasteiger partial charge is 0.330 e. The van der Waals surface area contributed by atoms with Gasteiger partial charge in [-0.3, -0.25) is 0 Å². The molecule has 0 bridgehead atoms. The number of allylic oxidation sites excluding steroid dienone is 7. The van der Waals surface area contributed by atoms with Gasteiger partial charge >= 0.3 is 11.9 Å². The zero-order valence-electron chi connectivity index (χ0n) is 14.2. The second kappa shape index (κ2) is 8.34. The average molecular weight is 330 g/mol. The van der Waals surface area contributed by atoms with E-state index in [4.69, 9.17) is 14.2 Å². The molecule has 0 N–H and O–H groups in total. The Labute approximate surface area is 142 Å². The van der Waals surface area contributed by atoms with Gasteiger partial charge in [-0.1, -0.05) is 24.3 Å². The van der Waals surface area contributed by atoms with E-state index in [1.807, 2.05) is 12.2 Å². The third-order valence-electron chi connectivity index (χ3n) is 4.15. The Morgan fingerprint density at radius 1 is 1.00 bits per heavy atom. The SMILES string of the molecule is COC(=O)/C=C1\CC(OC)=CC(C2C=CC=C2)C\C1=C/C(=O)OC. The van der Waals surface area contributed by atoms with Crippen LogP contribution in [0.4, 0.5) is 0 Å². The first-order valence-corrected chi connectivity index (χ1v) is 7.74. The molecule has 0 aliphatic heterocycles. The molecule has 5 heteroatoms. The molecule has 0 fully saturated rings. The Hall–Kier alpha value is -2.56. The second-order valence-electron chi connectivity index (χ2n) is 5.61. The van der Waals surface area contributed by atoms with Crippen molar-refractivity contribution in [1.29, 1.82) is 0 Å². The summed E-state index contributed by atoms with van der Waals surface area (Å²) in [5, 5.41) is 0. The summed E-state index contributed by atoms with van der Waals surface area (Å²) in [7, 11) is 4.26. The molecule has 1 unspecified atom stereocenters. The van der Waals surface area contributed by atoms with Crippen molar-refractivity contribution in [2.45, 2.75) is 12.8 Å². The highest BCUT2D eigenvalue weighted by Crippen LogP contribution is 2.36. The van der Waals surface area contributed by atoms with Gasteiger partial charge in [0.1, 0.15) is 0 Å². The summed E-state index contributed by atoms with van der Waals surface area (Å²) < 4.78 is 14.9. The standard InChI is InChI=1S/C19H22O5/c1-22-17-9-14(13-6-4-5-7-13)8-15(11-18(20)23-2)16(10-17)12-19(21)24-3/h4-7,9,11-14H,8,10H2,1-3H3/b15-11+,16-12+. The lowest BCUT2D eigenvalue weighted by Gasteiger charge is -2.17. The number of rotatable bonds is 4. The van der Waals surface area contributed by atoms with Crippen LogP contribution in [-0.4, -0.2) is 33.3 Å². The molecule has 0 saturated heterocycles. The lowest BCUT2D eigenvalue weighted by Crippen LogP contribution is -2.09. The number of hydrogen-bond donors (Lipinski definition) is 0. The molecule has 2 aliphatic carbocycles. The molecule has 0 radical (unpaired) electrons. The summed E-state index contributed by atoms with van der Waals surface area (Å²) in [6.45, 7) is 0. The first-order chi connectivity index (χ1) is 11.6. The fraction of sp³-hybridized carbons (Fsp3) is 0.368. The highest BCUT2D eigenvalue weighted by molar-refractivity contribution is 5.87. The van der Waals surface area contributed by atoms with Crippen LogP contribution in [0.3, 0.4) is 0 Å². The maximum absolute atomic E-state index is 11.8. The first kappa shape index (κ1) is 17.8. The largest absolute Gasteiger partial charge is 0.501 e. The number of carbonyl (C=O) groups excluding carboxylic acids is 2. The van der Waals surface area contributed by atoms with Crippen molar-refractivity contribution in [1.82, 2.24) is 0 Å². The van der Waals surface area contributed by atoms with E-state index in [1.165, 1.54) is 26.4 Å². The maximum Gasteiger partial charge on any atom is 0.330 e. The topological polar surface area (TPSA) is 61.8 Å². The van der Waals surface area contributed by atoms with Gasteiger partial charge in [0.25, 0.3) is 0 Å². The normalized spacial score (nSPS) is 24.0. The van der Waals surface area contributed by atoms with Crippen LogP contribution in [0, 0.1) is 11.8 Å². The molecule has 2 aliphatic rings. The van der Waals surface area contributed by atoms with E-state index in [1.54, 1.807) is 7.11 Å². The van der Waals surface area contributed by atoms with Crippen molar-refractivity contribution >= 4 is 11.9 Å². The van der Waals surface area contributed by atoms with Gasteiger partial charge in [0.05, 0.1) is 27.1 Å². The average Bonchev–Trinajstić information content (AvgIpc) is 3.07. The summed E-state index contributed by atoms with van der Waals surface area (Å²) in [5.41, 5.74) is 1.46. The summed E-state index contributed by atoms with van der Waals surface area (Å²) >= 11 is 0. The van der Waals surface area contributed by atoms with Gasteiger partial charge in [-0.05, 0) is 29.6 Å². The Bertz CT molecular complexity index is 637. The number of esters is 2. The van der Waals surface area contributed by atoms with Crippen molar-refractivity contribution in [3.05, 3.63) is 59.4 Å². The van der Waals surface area contributed by atoms with E-state index in [0.717, 1.165) is 11.3 Å². The second-order valence-corrected chi connectivity index (χ2v) is 5.61. The molecular formula is C19H22O5. The Morgan fingerprint density at radius 3 is 2.12 bits per heavy atom. The molecule has 0 heterocycles. The van der Waals surface area contributed by atoms with Gasteiger partial charge in [0.15, 0.2) is 0 Å². The molecular weight excluding hydrogens is 308 g/mol. The number of methoxy groups -OCH3 is 3. The van der Waals surface area contributed by atoms with Crippen molar-refractivity contribution in [2.24, 2.45) is 11.8 Å². The van der Waals surface area contributed by atoms with Gasteiger partial charge in [0.2, 0.25) is 0 Å². The lowest BCUT2D eigenvalue weighted by atomic mass is 9.86. The number of ether oxygens (including phenoxy) is 3. The van der Waals surface area contributed by atoms with Crippen LogP contribution in [0.25, 0.3) is 0 Å². The van der Waals surface area contributed by atoms with Crippen LogP contribution in [0.1, 0.15) is 12.8 Å². The number of carbonyl (C=O) groups is 2. The van der Waals surface area contributed by atoms with Crippen molar-refractivity contribution in [2.75, 3.05) is 21.3 Å². The van der Waals surface area contributed by atoms with Crippen LogP contribution in [0.2, 0.25) is 0 Å². The third-order valence-corrected chi connectivity index (χ3v) is 4.15. The van der Waals surface area contributed by atoms with Crippen LogP contribution in [-0.2, 0) is 23.8 Å². The molecule has 0 aromatic carbocycles. The fourth-order valence-electron chi connectivity index (χ4n) is 2.86. The van der Waals surface area contributed by atoms with Gasteiger partial charge in [-0.2, -0.15) is 0 Å². The van der Waals surface area contributed by atoms with Crippen LogP contribution < -0.4 is 0 Å². The lowest BCUT2D eigenvalue weighted by molar-refractivity contribution is -0.135. The fourth-order valence-corrected chi connectivity index (χ4v) is 2.86. The Balaban J connectivity index is 2.42. The highest BCUT2D eigenvalue weighted by Gasteiger charge is 2.25. The molecule has 2 rings (SSSR count). The third kappa shape index (κ3) is 4.47. The molecule has 0 aromatic heterocycles. The highest BCUT2D eigenvalue weighted by atomic mass is 16.5. The van der Waals surface area contributed by atoms with Gasteiger partial charge in [-0.25, -0.2) is 9.59 Å². The zero-order valence-corrected chi connectivity index (χ0v) is 14.2. The van der Waals surface area contributed by atoms with Gasteiger partial charge in [-0.15, -0.1) is 0 Å². The van der Waals surface area contributed by atoms with Crippen molar-refractivity contribution in [3.8, 4) is 0 Å². The minimum atomic E-state index is -0.463. The molecule has 5 nitrogen and oxygen atoms in total. The summed E-state index contributed by atoms with van der Waals surface area (Å²) in [6, 6.07) is 0. The van der Waals surface area contributed by atoms with Gasteiger partial charge in [0, 0.05) is 24.5 Å². The van der Waals surface area contributed by atoms with Crippen molar-refractivity contribution < 1.29 is 23.8 Å². The Morgan fingerprint density at radius 2 is 1.58 bits per heavy atom. The first-order valence-electron chi connectivity index (χ1n) is 7.74. The van der Waals surface area contributed by atoms with E-state index in [-0.39, 0.29) is 11.8 Å². The maximum atomic E-state index is 11.8. The molecule has 1 atom stereocenters. The van der Waals surface area contributed by atoms with E-state index in [2.05, 4.69) is 18.2 Å². The van der Waals surface area contributed by atoms with Crippen LogP contribution >= 0.6 is 0 Å². The van der Waals surface area contributed by atoms with Crippen LogP contribution in [0.5, 0.6) is 0 Å². The quantitative estimate of drug-likeness (QED) is 0.586. The van der Waals surface area contributed by atoms with E-state index >= 15 is 0 Å². The molecule has 24 heavy (non-hydrogen) atoms. The molecule has 128 valence electrons. The molecule has 0 saturated carbocycles. The van der Waals surface area contributed by atoms with Crippen LogP contribution in [0.15, 0.2) is 59.4 Å². The van der Waals surface area contributed by atoms with Crippen molar-refractivity contribution in [3.63, 3.8) is 0 Å². The molecule has 0 aromatic rings. The van der Waals surface area contributed by atoms with Gasteiger partial charge < -0.3 is 14.2 Å². The minimum Gasteiger partial charge on any atom is -0.501 e. The molecule has 0 amide bonds. The minimum absolute atomic E-state index is 0.134. The summed E-state index contributed by atoms with van der Waals surface area (Å²) in [5.74, 6) is 0.216. The monoisotopic (exact) mass is 330 g/mol. The predicted octanol–water partition coefficient (Wildman–Crippen LogP) is 2.87. The summed E-state index contributed by atoms with van der Waals surface area (Å²) in [6.07, 6.45) is 14.2. The van der Waals surface area contributed by atoms with E-state index in [0.29, 0.717) is 18.4 Å². The predicted molar refractivity (Wildman–Crippen MR) is 89.8 cm³/mol. The Kier molecular flexibility index (Phi) is 6.18. The van der Waals surface area contributed by atoms with E-state index < -0.39 is 11.9 Å². The summed E-state index contributed by atoms with van der Waals surface area (Å²) in [4.78, 5) is 23.5. The zero-order chi connectivity index (χ0) is 17.5. The number of hydrogen-bond acceptors (Lipinski definition) is 5.